The molecule has 0 spiro atoms. The molecular formula is C14H21N5O2. The lowest BCUT2D eigenvalue weighted by Crippen LogP contribution is -2.29. The van der Waals surface area contributed by atoms with Gasteiger partial charge in [0.25, 0.3) is 0 Å². The molecule has 0 aromatic carbocycles. The van der Waals surface area contributed by atoms with E-state index >= 15 is 0 Å². The first-order valence-electron chi connectivity index (χ1n) is 7.10. The average molecular weight is 291 g/mol. The Morgan fingerprint density at radius 1 is 1.43 bits per heavy atom. The summed E-state index contributed by atoms with van der Waals surface area (Å²) in [6.07, 6.45) is 3.79. The number of carbonyl (C=O) groups excluding carboxylic acids is 1. The van der Waals surface area contributed by atoms with Crippen molar-refractivity contribution >= 4 is 11.8 Å². The minimum Gasteiger partial charge on any atom is -0.361 e. The molecule has 2 aromatic rings. The number of nitrogens with zero attached hydrogens (tertiary/aromatic N) is 3. The lowest BCUT2D eigenvalue weighted by Gasteiger charge is -2.09. The molecular weight excluding hydrogens is 270 g/mol. The van der Waals surface area contributed by atoms with Crippen molar-refractivity contribution in [3.63, 3.8) is 0 Å². The predicted octanol–water partition coefficient (Wildman–Crippen LogP) is 2.61. The highest BCUT2D eigenvalue weighted by molar-refractivity contribution is 5.88. The van der Waals surface area contributed by atoms with Crippen molar-refractivity contribution in [1.29, 1.82) is 0 Å². The highest BCUT2D eigenvalue weighted by Gasteiger charge is 2.11. The zero-order valence-corrected chi connectivity index (χ0v) is 12.6. The highest BCUT2D eigenvalue weighted by atomic mass is 16.5. The van der Waals surface area contributed by atoms with Crippen LogP contribution in [0.4, 0.5) is 10.6 Å². The van der Waals surface area contributed by atoms with Crippen LogP contribution in [0.5, 0.6) is 0 Å². The third kappa shape index (κ3) is 3.84. The van der Waals surface area contributed by atoms with Gasteiger partial charge in [0, 0.05) is 24.7 Å². The van der Waals surface area contributed by atoms with Crippen molar-refractivity contribution in [3.05, 3.63) is 29.3 Å². The van der Waals surface area contributed by atoms with E-state index in [4.69, 9.17) is 4.52 Å². The smallest absolute Gasteiger partial charge is 0.320 e. The number of unbranched alkanes of at least 4 members (excludes halogenated alkanes) is 1. The van der Waals surface area contributed by atoms with Gasteiger partial charge in [0.15, 0.2) is 0 Å². The Hall–Kier alpha value is -2.31. The Morgan fingerprint density at radius 3 is 2.90 bits per heavy atom. The van der Waals surface area contributed by atoms with E-state index in [1.807, 2.05) is 13.8 Å². The maximum Gasteiger partial charge on any atom is 0.320 e. The monoisotopic (exact) mass is 291 g/mol. The second-order valence-corrected chi connectivity index (χ2v) is 4.90. The summed E-state index contributed by atoms with van der Waals surface area (Å²) in [5.74, 6) is 1.42. The van der Waals surface area contributed by atoms with Gasteiger partial charge in [0.1, 0.15) is 11.6 Å². The van der Waals surface area contributed by atoms with Gasteiger partial charge in [-0.1, -0.05) is 18.5 Å². The average Bonchev–Trinajstić information content (AvgIpc) is 3.02. The van der Waals surface area contributed by atoms with E-state index in [1.165, 1.54) is 0 Å². The molecule has 2 amide bonds. The van der Waals surface area contributed by atoms with Gasteiger partial charge in [-0.25, -0.2) is 9.48 Å². The van der Waals surface area contributed by atoms with Crippen molar-refractivity contribution in [2.75, 3.05) is 5.32 Å². The van der Waals surface area contributed by atoms with Crippen LogP contribution in [-0.4, -0.2) is 21.0 Å². The van der Waals surface area contributed by atoms with Gasteiger partial charge >= 0.3 is 6.03 Å². The summed E-state index contributed by atoms with van der Waals surface area (Å²) in [6, 6.07) is 1.51. The molecule has 0 saturated heterocycles. The van der Waals surface area contributed by atoms with Crippen LogP contribution in [0, 0.1) is 13.8 Å². The largest absolute Gasteiger partial charge is 0.361 e. The number of hydrogen-bond acceptors (Lipinski definition) is 4. The fraction of sp³-hybridized carbons (Fsp3) is 0.500. The first kappa shape index (κ1) is 15.1. The molecule has 0 bridgehead atoms. The van der Waals surface area contributed by atoms with Crippen molar-refractivity contribution in [1.82, 2.24) is 20.3 Å². The lowest BCUT2D eigenvalue weighted by atomic mass is 10.2. The lowest BCUT2D eigenvalue weighted by molar-refractivity contribution is 0.251. The van der Waals surface area contributed by atoms with E-state index in [1.54, 1.807) is 16.9 Å². The highest BCUT2D eigenvalue weighted by Crippen LogP contribution is 2.12. The van der Waals surface area contributed by atoms with E-state index in [0.29, 0.717) is 12.4 Å². The number of hydrogen-bond donors (Lipinski definition) is 2. The molecule has 2 heterocycles. The predicted molar refractivity (Wildman–Crippen MR) is 79.0 cm³/mol. The number of aryl methyl sites for hydroxylation is 3. The van der Waals surface area contributed by atoms with Crippen molar-refractivity contribution < 1.29 is 9.32 Å². The van der Waals surface area contributed by atoms with Gasteiger partial charge in [0.05, 0.1) is 11.9 Å². The van der Waals surface area contributed by atoms with Gasteiger partial charge in [0.2, 0.25) is 0 Å². The molecule has 0 aliphatic rings. The van der Waals surface area contributed by atoms with Crippen LogP contribution in [0.25, 0.3) is 0 Å². The first-order valence-corrected chi connectivity index (χ1v) is 7.10. The third-order valence-electron chi connectivity index (χ3n) is 3.29. The molecule has 0 radical (unpaired) electrons. The maximum atomic E-state index is 11.9. The maximum absolute atomic E-state index is 11.9. The summed E-state index contributed by atoms with van der Waals surface area (Å²) in [7, 11) is 0. The Bertz CT molecular complexity index is 583. The van der Waals surface area contributed by atoms with Crippen molar-refractivity contribution in [2.24, 2.45) is 0 Å². The fourth-order valence-corrected chi connectivity index (χ4v) is 2.01. The molecule has 0 fully saturated rings. The number of amides is 2. The Morgan fingerprint density at radius 2 is 2.24 bits per heavy atom. The van der Waals surface area contributed by atoms with E-state index in [-0.39, 0.29) is 6.03 Å². The molecule has 2 N–H and O–H groups in total. The topological polar surface area (TPSA) is 85.0 Å². The first-order chi connectivity index (χ1) is 10.1. The summed E-state index contributed by atoms with van der Waals surface area (Å²) < 4.78 is 6.85. The normalized spacial score (nSPS) is 10.6. The van der Waals surface area contributed by atoms with Gasteiger partial charge in [-0.2, -0.15) is 5.10 Å². The summed E-state index contributed by atoms with van der Waals surface area (Å²) in [6.45, 7) is 6.98. The Labute approximate surface area is 123 Å². The molecule has 114 valence electrons. The second-order valence-electron chi connectivity index (χ2n) is 4.90. The molecule has 2 aromatic heterocycles. The number of aromatic nitrogens is 3. The molecule has 7 nitrogen and oxygen atoms in total. The van der Waals surface area contributed by atoms with Crippen molar-refractivity contribution in [2.45, 2.75) is 46.7 Å². The number of anilines is 1. The Balaban J connectivity index is 1.89. The molecule has 2 rings (SSSR count). The summed E-state index contributed by atoms with van der Waals surface area (Å²) in [4.78, 5) is 11.9. The third-order valence-corrected chi connectivity index (χ3v) is 3.29. The van der Waals surface area contributed by atoms with Crippen LogP contribution in [0.2, 0.25) is 0 Å². The molecule has 7 heteroatoms. The number of rotatable bonds is 6. The minimum absolute atomic E-state index is 0.270. The van der Waals surface area contributed by atoms with Gasteiger partial charge in [-0.05, 0) is 20.3 Å². The Kier molecular flexibility index (Phi) is 4.97. The molecule has 21 heavy (non-hydrogen) atoms. The molecule has 0 unspecified atom stereocenters. The van der Waals surface area contributed by atoms with E-state index < -0.39 is 0 Å². The minimum atomic E-state index is -0.270. The summed E-state index contributed by atoms with van der Waals surface area (Å²) in [5.41, 5.74) is 1.70. The summed E-state index contributed by atoms with van der Waals surface area (Å²) in [5, 5.41) is 13.6. The fourth-order valence-electron chi connectivity index (χ4n) is 2.01. The van der Waals surface area contributed by atoms with Crippen LogP contribution in [0.3, 0.4) is 0 Å². The van der Waals surface area contributed by atoms with Crippen LogP contribution >= 0.6 is 0 Å². The zero-order valence-electron chi connectivity index (χ0n) is 12.6. The van der Waals surface area contributed by atoms with Crippen molar-refractivity contribution in [3.8, 4) is 0 Å². The van der Waals surface area contributed by atoms with Crippen LogP contribution < -0.4 is 10.6 Å². The molecule has 0 aliphatic heterocycles. The van der Waals surface area contributed by atoms with Gasteiger partial charge in [-0.3, -0.25) is 5.32 Å². The van der Waals surface area contributed by atoms with Crippen LogP contribution in [0.15, 0.2) is 16.8 Å². The molecule has 0 aliphatic carbocycles. The number of urea groups is 1. The number of carbonyl (C=O) groups is 1. The molecule has 0 saturated carbocycles. The van der Waals surface area contributed by atoms with Crippen LogP contribution in [0.1, 0.15) is 36.8 Å². The quantitative estimate of drug-likeness (QED) is 0.856. The zero-order chi connectivity index (χ0) is 15.2. The second kappa shape index (κ2) is 6.92. The van der Waals surface area contributed by atoms with E-state index in [9.17, 15) is 4.79 Å². The van der Waals surface area contributed by atoms with E-state index in [0.717, 1.165) is 36.4 Å². The van der Waals surface area contributed by atoms with E-state index in [2.05, 4.69) is 27.8 Å². The van der Waals surface area contributed by atoms with Gasteiger partial charge < -0.3 is 9.84 Å². The standard InChI is InChI=1S/C14H21N5O2/c1-4-5-8-19-13(6-7-16-19)17-14(20)15-9-12-10(2)18-21-11(12)3/h6-7H,4-5,8-9H2,1-3H3,(H2,15,17,20). The number of nitrogens with one attached hydrogen (secondary N) is 2. The summed E-state index contributed by atoms with van der Waals surface area (Å²) >= 11 is 0. The van der Waals surface area contributed by atoms with Crippen LogP contribution in [-0.2, 0) is 13.1 Å². The SMILES string of the molecule is CCCCn1nccc1NC(=O)NCc1c(C)noc1C. The van der Waals surface area contributed by atoms with Gasteiger partial charge in [-0.15, -0.1) is 0 Å². The molecule has 0 atom stereocenters.